The first-order valence-corrected chi connectivity index (χ1v) is 4.79. The first-order chi connectivity index (χ1) is 8.00. The van der Waals surface area contributed by atoms with Gasteiger partial charge in [-0.1, -0.05) is 0 Å². The van der Waals surface area contributed by atoms with E-state index in [2.05, 4.69) is 14.7 Å². The van der Waals surface area contributed by atoms with Gasteiger partial charge < -0.3 is 4.74 Å². The Bertz CT molecular complexity index is 455. The van der Waals surface area contributed by atoms with E-state index in [0.29, 0.717) is 11.1 Å². The summed E-state index contributed by atoms with van der Waals surface area (Å²) < 4.78 is 44.0. The molecule has 2 rings (SSSR count). The van der Waals surface area contributed by atoms with E-state index < -0.39 is 36.0 Å². The molecule has 2 atom stereocenters. The molecule has 1 aromatic heterocycles. The highest BCUT2D eigenvalue weighted by Crippen LogP contribution is 2.26. The zero-order chi connectivity index (χ0) is 12.6. The van der Waals surface area contributed by atoms with E-state index in [0.717, 1.165) is 0 Å². The SMILES string of the molecule is C[C@H](F)[C@H]1COC(=O)N1c1nc(F)ncc1F. The molecule has 0 unspecified atom stereocenters. The molecule has 17 heavy (non-hydrogen) atoms. The maximum Gasteiger partial charge on any atom is 0.416 e. The summed E-state index contributed by atoms with van der Waals surface area (Å²) in [5, 5.41) is 0. The summed E-state index contributed by atoms with van der Waals surface area (Å²) in [6.07, 6.45) is -3.05. The molecule has 1 fully saturated rings. The van der Waals surface area contributed by atoms with Gasteiger partial charge in [0.2, 0.25) is 0 Å². The number of nitrogens with zero attached hydrogens (tertiary/aromatic N) is 3. The van der Waals surface area contributed by atoms with Crippen LogP contribution in [0.15, 0.2) is 6.20 Å². The Kier molecular flexibility index (Phi) is 2.86. The Morgan fingerprint density at radius 1 is 1.59 bits per heavy atom. The van der Waals surface area contributed by atoms with Gasteiger partial charge >= 0.3 is 12.2 Å². The summed E-state index contributed by atoms with van der Waals surface area (Å²) in [6, 6.07) is -1.02. The quantitative estimate of drug-likeness (QED) is 0.742. The predicted molar refractivity (Wildman–Crippen MR) is 50.1 cm³/mol. The van der Waals surface area contributed by atoms with Crippen molar-refractivity contribution in [1.29, 1.82) is 0 Å². The van der Waals surface area contributed by atoms with Crippen LogP contribution in [-0.4, -0.2) is 34.9 Å². The van der Waals surface area contributed by atoms with E-state index in [1.54, 1.807) is 0 Å². The number of amides is 1. The third-order valence-corrected chi connectivity index (χ3v) is 2.36. The lowest BCUT2D eigenvalue weighted by molar-refractivity contribution is 0.174. The van der Waals surface area contributed by atoms with Crippen LogP contribution in [-0.2, 0) is 4.74 Å². The fourth-order valence-electron chi connectivity index (χ4n) is 1.52. The van der Waals surface area contributed by atoms with Crippen molar-refractivity contribution in [2.45, 2.75) is 19.1 Å². The van der Waals surface area contributed by atoms with Crippen LogP contribution >= 0.6 is 0 Å². The van der Waals surface area contributed by atoms with Crippen LogP contribution in [0.5, 0.6) is 0 Å². The minimum atomic E-state index is -1.46. The monoisotopic (exact) mass is 247 g/mol. The van der Waals surface area contributed by atoms with Crippen molar-refractivity contribution in [3.05, 3.63) is 18.1 Å². The molecule has 0 aliphatic carbocycles. The maximum atomic E-state index is 13.4. The molecule has 1 amide bonds. The Morgan fingerprint density at radius 3 is 2.94 bits per heavy atom. The molecule has 1 aromatic rings. The highest BCUT2D eigenvalue weighted by molar-refractivity contribution is 5.89. The molecule has 8 heteroatoms. The zero-order valence-electron chi connectivity index (χ0n) is 8.73. The number of rotatable bonds is 2. The predicted octanol–water partition coefficient (Wildman–Crippen LogP) is 1.44. The van der Waals surface area contributed by atoms with Gasteiger partial charge in [-0.15, -0.1) is 0 Å². The molecule has 1 aliphatic rings. The normalized spacial score (nSPS) is 21.5. The van der Waals surface area contributed by atoms with Crippen LogP contribution in [0.2, 0.25) is 0 Å². The van der Waals surface area contributed by atoms with Crippen molar-refractivity contribution in [3.8, 4) is 0 Å². The summed E-state index contributed by atoms with van der Waals surface area (Å²) in [5.74, 6) is -1.63. The van der Waals surface area contributed by atoms with E-state index in [4.69, 9.17) is 0 Å². The van der Waals surface area contributed by atoms with E-state index in [-0.39, 0.29) is 6.61 Å². The van der Waals surface area contributed by atoms with Crippen molar-refractivity contribution < 1.29 is 22.7 Å². The Hall–Kier alpha value is -1.86. The third-order valence-electron chi connectivity index (χ3n) is 2.36. The molecule has 0 saturated carbocycles. The van der Waals surface area contributed by atoms with Crippen LogP contribution in [0.4, 0.5) is 23.8 Å². The average Bonchev–Trinajstić information content (AvgIpc) is 2.64. The first-order valence-electron chi connectivity index (χ1n) is 4.79. The van der Waals surface area contributed by atoms with Gasteiger partial charge in [-0.2, -0.15) is 9.37 Å². The number of cyclic esters (lactones) is 1. The fourth-order valence-corrected chi connectivity index (χ4v) is 1.52. The maximum absolute atomic E-state index is 13.4. The number of anilines is 1. The number of halogens is 3. The van der Waals surface area contributed by atoms with Crippen molar-refractivity contribution in [2.75, 3.05) is 11.5 Å². The molecule has 0 spiro atoms. The number of ether oxygens (including phenoxy) is 1. The van der Waals surface area contributed by atoms with Crippen LogP contribution < -0.4 is 4.90 Å². The van der Waals surface area contributed by atoms with Gasteiger partial charge in [0.25, 0.3) is 0 Å². The second kappa shape index (κ2) is 4.19. The highest BCUT2D eigenvalue weighted by Gasteiger charge is 2.40. The first kappa shape index (κ1) is 11.6. The zero-order valence-corrected chi connectivity index (χ0v) is 8.73. The van der Waals surface area contributed by atoms with Gasteiger partial charge in [0, 0.05) is 0 Å². The minimum Gasteiger partial charge on any atom is -0.447 e. The molecule has 0 radical (unpaired) electrons. The third kappa shape index (κ3) is 2.02. The fraction of sp³-hybridized carbons (Fsp3) is 0.444. The Morgan fingerprint density at radius 2 is 2.29 bits per heavy atom. The smallest absolute Gasteiger partial charge is 0.416 e. The molecule has 1 aliphatic heterocycles. The summed E-state index contributed by atoms with van der Waals surface area (Å²) >= 11 is 0. The molecule has 92 valence electrons. The number of aromatic nitrogens is 2. The molecule has 0 bridgehead atoms. The lowest BCUT2D eigenvalue weighted by Crippen LogP contribution is -2.40. The van der Waals surface area contributed by atoms with Crippen molar-refractivity contribution >= 4 is 11.9 Å². The lowest BCUT2D eigenvalue weighted by atomic mass is 10.2. The van der Waals surface area contributed by atoms with Gasteiger partial charge in [-0.05, 0) is 6.92 Å². The molecule has 1 saturated heterocycles. The van der Waals surface area contributed by atoms with Crippen molar-refractivity contribution in [2.24, 2.45) is 0 Å². The van der Waals surface area contributed by atoms with Gasteiger partial charge in [0.05, 0.1) is 6.20 Å². The van der Waals surface area contributed by atoms with E-state index in [1.807, 2.05) is 0 Å². The van der Waals surface area contributed by atoms with Crippen LogP contribution in [0.3, 0.4) is 0 Å². The number of carbonyl (C=O) groups is 1. The topological polar surface area (TPSA) is 55.3 Å². The highest BCUT2D eigenvalue weighted by atomic mass is 19.1. The second-order valence-electron chi connectivity index (χ2n) is 3.50. The van der Waals surface area contributed by atoms with Gasteiger partial charge in [-0.25, -0.2) is 23.5 Å². The standard InChI is InChI=1S/C9H8F3N3O2/c1-4(10)6-3-17-9(16)15(6)7-5(11)2-13-8(12)14-7/h2,4,6H,3H2,1H3/t4-,6+/m0/s1. The molecular formula is C9H8F3N3O2. The lowest BCUT2D eigenvalue weighted by Gasteiger charge is -2.21. The number of hydrogen-bond acceptors (Lipinski definition) is 4. The van der Waals surface area contributed by atoms with Crippen LogP contribution in [0, 0.1) is 11.9 Å². The van der Waals surface area contributed by atoms with Crippen LogP contribution in [0.25, 0.3) is 0 Å². The van der Waals surface area contributed by atoms with Crippen molar-refractivity contribution in [1.82, 2.24) is 9.97 Å². The van der Waals surface area contributed by atoms with E-state index >= 15 is 0 Å². The van der Waals surface area contributed by atoms with Crippen molar-refractivity contribution in [3.63, 3.8) is 0 Å². The molecule has 5 nitrogen and oxygen atoms in total. The minimum absolute atomic E-state index is 0.235. The molecule has 2 heterocycles. The van der Waals surface area contributed by atoms with Crippen LogP contribution in [0.1, 0.15) is 6.92 Å². The van der Waals surface area contributed by atoms with E-state index in [9.17, 15) is 18.0 Å². The van der Waals surface area contributed by atoms with Gasteiger partial charge in [0.15, 0.2) is 11.6 Å². The molecule has 0 N–H and O–H groups in total. The summed E-state index contributed by atoms with van der Waals surface area (Å²) in [4.78, 5) is 18.1. The number of hydrogen-bond donors (Lipinski definition) is 0. The molecule has 0 aromatic carbocycles. The number of carbonyl (C=O) groups excluding carboxylic acids is 1. The van der Waals surface area contributed by atoms with E-state index in [1.165, 1.54) is 6.92 Å². The Labute approximate surface area is 94.2 Å². The summed E-state index contributed by atoms with van der Waals surface area (Å²) in [6.45, 7) is 0.955. The average molecular weight is 247 g/mol. The molecular weight excluding hydrogens is 239 g/mol. The summed E-state index contributed by atoms with van der Waals surface area (Å²) in [7, 11) is 0. The van der Waals surface area contributed by atoms with Gasteiger partial charge in [-0.3, -0.25) is 0 Å². The van der Waals surface area contributed by atoms with Gasteiger partial charge in [0.1, 0.15) is 18.8 Å². The number of alkyl halides is 1. The summed E-state index contributed by atoms with van der Waals surface area (Å²) in [5.41, 5.74) is 0. The second-order valence-corrected chi connectivity index (χ2v) is 3.50. The largest absolute Gasteiger partial charge is 0.447 e. The Balaban J connectivity index is 2.42.